The molecular formula is C20H17N3O5. The van der Waals surface area contributed by atoms with Gasteiger partial charge in [-0.05, 0) is 37.3 Å². The van der Waals surface area contributed by atoms with Crippen LogP contribution in [0.4, 0.5) is 5.69 Å². The Morgan fingerprint density at radius 2 is 2.04 bits per heavy atom. The molecule has 0 unspecified atom stereocenters. The molecule has 142 valence electrons. The van der Waals surface area contributed by atoms with Gasteiger partial charge in [-0.3, -0.25) is 14.9 Å². The number of nitrogens with one attached hydrogen (secondary N) is 1. The van der Waals surface area contributed by atoms with Crippen molar-refractivity contribution in [3.05, 3.63) is 81.6 Å². The molecule has 1 amide bonds. The molecule has 28 heavy (non-hydrogen) atoms. The second-order valence-corrected chi connectivity index (χ2v) is 5.91. The zero-order valence-corrected chi connectivity index (χ0v) is 15.2. The summed E-state index contributed by atoms with van der Waals surface area (Å²) in [6.07, 6.45) is 1.37. The molecule has 1 heterocycles. The minimum absolute atomic E-state index is 0.0761. The summed E-state index contributed by atoms with van der Waals surface area (Å²) in [5.41, 5.74) is 4.41. The fourth-order valence-corrected chi connectivity index (χ4v) is 2.57. The second kappa shape index (κ2) is 8.17. The fraction of sp³-hybridized carbons (Fsp3) is 0.100. The number of hydrazone groups is 1. The number of methoxy groups -OCH3 is 1. The number of nitro benzene ring substituents is 1. The Hall–Kier alpha value is -3.94. The van der Waals surface area contributed by atoms with Crippen LogP contribution in [0, 0.1) is 17.0 Å². The van der Waals surface area contributed by atoms with Crippen LogP contribution in [-0.4, -0.2) is 24.2 Å². The van der Waals surface area contributed by atoms with Crippen LogP contribution >= 0.6 is 0 Å². The molecular weight excluding hydrogens is 362 g/mol. The van der Waals surface area contributed by atoms with E-state index < -0.39 is 4.92 Å². The van der Waals surface area contributed by atoms with E-state index in [-0.39, 0.29) is 11.6 Å². The van der Waals surface area contributed by atoms with Crippen molar-refractivity contribution in [3.63, 3.8) is 0 Å². The number of hydrogen-bond acceptors (Lipinski definition) is 6. The van der Waals surface area contributed by atoms with Crippen molar-refractivity contribution in [2.24, 2.45) is 5.10 Å². The van der Waals surface area contributed by atoms with Gasteiger partial charge in [-0.2, -0.15) is 5.10 Å². The molecule has 3 aromatic rings. The van der Waals surface area contributed by atoms with Crippen molar-refractivity contribution >= 4 is 17.8 Å². The summed E-state index contributed by atoms with van der Waals surface area (Å²) in [5.74, 6) is 0.849. The first kappa shape index (κ1) is 18.8. The van der Waals surface area contributed by atoms with Gasteiger partial charge >= 0.3 is 0 Å². The van der Waals surface area contributed by atoms with Crippen molar-refractivity contribution in [3.8, 4) is 17.1 Å². The number of hydrogen-bond donors (Lipinski definition) is 1. The lowest BCUT2D eigenvalue weighted by Crippen LogP contribution is -2.17. The van der Waals surface area contributed by atoms with E-state index in [0.29, 0.717) is 28.4 Å². The summed E-state index contributed by atoms with van der Waals surface area (Å²) in [7, 11) is 1.43. The lowest BCUT2D eigenvalue weighted by atomic mass is 10.1. The van der Waals surface area contributed by atoms with Crippen molar-refractivity contribution < 1.29 is 18.9 Å². The van der Waals surface area contributed by atoms with Gasteiger partial charge in [-0.25, -0.2) is 5.43 Å². The summed E-state index contributed by atoms with van der Waals surface area (Å²) >= 11 is 0. The number of carbonyl (C=O) groups is 1. The summed E-state index contributed by atoms with van der Waals surface area (Å²) in [6.45, 7) is 1.90. The van der Waals surface area contributed by atoms with Crippen molar-refractivity contribution in [1.29, 1.82) is 0 Å². The van der Waals surface area contributed by atoms with E-state index in [1.807, 2.05) is 13.0 Å². The fourth-order valence-electron chi connectivity index (χ4n) is 2.57. The van der Waals surface area contributed by atoms with Gasteiger partial charge in [-0.1, -0.05) is 17.7 Å². The monoisotopic (exact) mass is 379 g/mol. The van der Waals surface area contributed by atoms with E-state index >= 15 is 0 Å². The van der Waals surface area contributed by atoms with Gasteiger partial charge in [0, 0.05) is 11.6 Å². The molecule has 8 heteroatoms. The van der Waals surface area contributed by atoms with E-state index in [0.717, 1.165) is 5.56 Å². The zero-order valence-electron chi connectivity index (χ0n) is 15.2. The molecule has 0 aliphatic rings. The van der Waals surface area contributed by atoms with Crippen LogP contribution in [0.25, 0.3) is 11.3 Å². The molecule has 0 saturated heterocycles. The molecule has 0 spiro atoms. The first-order valence-electron chi connectivity index (χ1n) is 8.30. The largest absolute Gasteiger partial charge is 0.496 e. The van der Waals surface area contributed by atoms with Crippen LogP contribution < -0.4 is 10.2 Å². The number of amides is 1. The van der Waals surface area contributed by atoms with Crippen molar-refractivity contribution in [1.82, 2.24) is 5.43 Å². The maximum absolute atomic E-state index is 12.1. The molecule has 0 atom stereocenters. The minimum Gasteiger partial charge on any atom is -0.496 e. The van der Waals surface area contributed by atoms with Gasteiger partial charge in [0.1, 0.15) is 17.3 Å². The molecule has 8 nitrogen and oxygen atoms in total. The first-order valence-corrected chi connectivity index (χ1v) is 8.30. The highest BCUT2D eigenvalue weighted by Gasteiger charge is 2.15. The van der Waals surface area contributed by atoms with Crippen LogP contribution in [0.5, 0.6) is 5.75 Å². The molecule has 1 N–H and O–H groups in total. The maximum atomic E-state index is 12.1. The van der Waals surface area contributed by atoms with Gasteiger partial charge in [0.2, 0.25) is 0 Å². The van der Waals surface area contributed by atoms with E-state index in [4.69, 9.17) is 9.15 Å². The Bertz CT molecular complexity index is 1060. The molecule has 0 fully saturated rings. The first-order chi connectivity index (χ1) is 13.5. The van der Waals surface area contributed by atoms with Crippen LogP contribution in [0.3, 0.4) is 0 Å². The Morgan fingerprint density at radius 1 is 1.21 bits per heavy atom. The van der Waals surface area contributed by atoms with Crippen LogP contribution in [0.1, 0.15) is 21.7 Å². The molecule has 0 aliphatic carbocycles. The Kier molecular flexibility index (Phi) is 5.50. The Labute approximate surface area is 160 Å². The molecule has 3 rings (SSSR count). The molecule has 0 radical (unpaired) electrons. The number of nitrogens with zero attached hydrogens (tertiary/aromatic N) is 2. The predicted octanol–water partition coefficient (Wildman–Crippen LogP) is 3.94. The molecule has 0 saturated carbocycles. The highest BCUT2D eigenvalue weighted by atomic mass is 16.6. The topological polar surface area (TPSA) is 107 Å². The van der Waals surface area contributed by atoms with E-state index in [1.165, 1.54) is 25.5 Å². The highest BCUT2D eigenvalue weighted by Crippen LogP contribution is 2.33. The van der Waals surface area contributed by atoms with Crippen LogP contribution in [-0.2, 0) is 0 Å². The normalized spacial score (nSPS) is 10.8. The number of carbonyl (C=O) groups excluding carboxylic acids is 1. The van der Waals surface area contributed by atoms with E-state index in [1.54, 1.807) is 36.4 Å². The SMILES string of the molecule is COc1cc([N+](=O)[O-])ccc1-c1ccc(/C=N/NC(=O)c2cccc(C)c2)o1. The molecule has 2 aromatic carbocycles. The number of non-ortho nitro benzene ring substituents is 1. The summed E-state index contributed by atoms with van der Waals surface area (Å²) in [6, 6.07) is 14.8. The standard InChI is InChI=1S/C20H17N3O5/c1-13-4-3-5-14(10-13)20(24)22-21-12-16-7-9-18(28-16)17-8-6-15(23(25)26)11-19(17)27-2/h3-12H,1-2H3,(H,22,24)/b21-12+. The molecule has 0 aliphatic heterocycles. The highest BCUT2D eigenvalue weighted by molar-refractivity contribution is 5.94. The third kappa shape index (κ3) is 4.24. The second-order valence-electron chi connectivity index (χ2n) is 5.91. The minimum atomic E-state index is -0.497. The van der Waals surface area contributed by atoms with Crippen LogP contribution in [0.2, 0.25) is 0 Å². The molecule has 1 aromatic heterocycles. The average Bonchev–Trinajstić information content (AvgIpc) is 3.16. The predicted molar refractivity (Wildman–Crippen MR) is 104 cm³/mol. The van der Waals surface area contributed by atoms with Gasteiger partial charge in [-0.15, -0.1) is 0 Å². The Balaban J connectivity index is 1.73. The number of aryl methyl sites for hydroxylation is 1. The number of nitro groups is 1. The number of rotatable bonds is 6. The Morgan fingerprint density at radius 3 is 2.75 bits per heavy atom. The smallest absolute Gasteiger partial charge is 0.273 e. The third-order valence-corrected chi connectivity index (χ3v) is 3.93. The number of benzene rings is 2. The van der Waals surface area contributed by atoms with Gasteiger partial charge in [0.05, 0.1) is 29.9 Å². The number of furan rings is 1. The van der Waals surface area contributed by atoms with Crippen molar-refractivity contribution in [2.45, 2.75) is 6.92 Å². The zero-order chi connectivity index (χ0) is 20.1. The van der Waals surface area contributed by atoms with Gasteiger partial charge in [0.25, 0.3) is 11.6 Å². The quantitative estimate of drug-likeness (QED) is 0.397. The lowest BCUT2D eigenvalue weighted by Gasteiger charge is -2.05. The summed E-state index contributed by atoms with van der Waals surface area (Å²) in [5, 5.41) is 14.8. The van der Waals surface area contributed by atoms with Gasteiger partial charge < -0.3 is 9.15 Å². The van der Waals surface area contributed by atoms with E-state index in [9.17, 15) is 14.9 Å². The summed E-state index contributed by atoms with van der Waals surface area (Å²) < 4.78 is 10.9. The average molecular weight is 379 g/mol. The maximum Gasteiger partial charge on any atom is 0.273 e. The lowest BCUT2D eigenvalue weighted by molar-refractivity contribution is -0.384. The van der Waals surface area contributed by atoms with Crippen LogP contribution in [0.15, 0.2) is 64.1 Å². The number of ether oxygens (including phenoxy) is 1. The van der Waals surface area contributed by atoms with E-state index in [2.05, 4.69) is 10.5 Å². The summed E-state index contributed by atoms with van der Waals surface area (Å²) in [4.78, 5) is 22.5. The molecule has 0 bridgehead atoms. The van der Waals surface area contributed by atoms with Crippen molar-refractivity contribution in [2.75, 3.05) is 7.11 Å². The third-order valence-electron chi connectivity index (χ3n) is 3.93. The van der Waals surface area contributed by atoms with Gasteiger partial charge in [0.15, 0.2) is 0 Å².